The topological polar surface area (TPSA) is 79.5 Å². The zero-order valence-corrected chi connectivity index (χ0v) is 13.4. The molecule has 1 aromatic carbocycles. The number of rotatable bonds is 4. The van der Waals surface area contributed by atoms with Crippen molar-refractivity contribution in [3.63, 3.8) is 0 Å². The van der Waals surface area contributed by atoms with Crippen molar-refractivity contribution >= 4 is 31.6 Å². The van der Waals surface area contributed by atoms with Gasteiger partial charge in [0.25, 0.3) is 10.0 Å². The molecule has 0 aliphatic heterocycles. The Morgan fingerprint density at radius 3 is 2.35 bits per heavy atom. The zero-order valence-electron chi connectivity index (χ0n) is 11.0. The fraction of sp³-hybridized carbons (Fsp3) is 0.231. The molecule has 2 rings (SSSR count). The van der Waals surface area contributed by atoms with Crippen LogP contribution in [0, 0.1) is 13.8 Å². The second-order valence-electron chi connectivity index (χ2n) is 4.41. The first-order chi connectivity index (χ1) is 9.33. The monoisotopic (exact) mass is 359 g/mol. The molecule has 0 atom stereocenters. The third-order valence-corrected chi connectivity index (χ3v) is 5.25. The maximum atomic E-state index is 12.1. The number of aliphatic hydroxyl groups is 1. The number of furan rings is 1. The number of benzene rings is 1. The largest absolute Gasteiger partial charge is 0.445 e. The van der Waals surface area contributed by atoms with E-state index in [2.05, 4.69) is 20.7 Å². The van der Waals surface area contributed by atoms with Crippen LogP contribution >= 0.6 is 15.9 Å². The summed E-state index contributed by atoms with van der Waals surface area (Å²) >= 11 is 3.43. The van der Waals surface area contributed by atoms with Crippen molar-refractivity contribution in [1.29, 1.82) is 0 Å². The smallest absolute Gasteiger partial charge is 0.295 e. The van der Waals surface area contributed by atoms with Gasteiger partial charge in [0.05, 0.1) is 0 Å². The number of sulfonamides is 1. The van der Waals surface area contributed by atoms with Gasteiger partial charge in [-0.25, -0.2) is 0 Å². The van der Waals surface area contributed by atoms with Gasteiger partial charge in [0.1, 0.15) is 12.4 Å². The van der Waals surface area contributed by atoms with Crippen LogP contribution in [0.5, 0.6) is 0 Å². The van der Waals surface area contributed by atoms with E-state index in [1.54, 1.807) is 12.1 Å². The molecule has 0 unspecified atom stereocenters. The van der Waals surface area contributed by atoms with Crippen molar-refractivity contribution in [2.24, 2.45) is 0 Å². The molecule has 0 aliphatic rings. The van der Waals surface area contributed by atoms with Crippen LogP contribution in [-0.2, 0) is 16.6 Å². The average Bonchev–Trinajstić information content (AvgIpc) is 2.85. The molecule has 20 heavy (non-hydrogen) atoms. The summed E-state index contributed by atoms with van der Waals surface area (Å²) in [6, 6.07) is 6.19. The normalized spacial score (nSPS) is 11.6. The van der Waals surface area contributed by atoms with E-state index in [0.29, 0.717) is 5.69 Å². The van der Waals surface area contributed by atoms with Crippen molar-refractivity contribution in [1.82, 2.24) is 0 Å². The van der Waals surface area contributed by atoms with Gasteiger partial charge in [-0.3, -0.25) is 4.72 Å². The SMILES string of the molecule is Cc1cc(NS(=O)(=O)c2ccc(CO)o2)cc(C)c1Br. The molecule has 2 N–H and O–H groups in total. The van der Waals surface area contributed by atoms with E-state index < -0.39 is 10.0 Å². The van der Waals surface area contributed by atoms with Gasteiger partial charge in [-0.2, -0.15) is 8.42 Å². The molecule has 108 valence electrons. The third-order valence-electron chi connectivity index (χ3n) is 2.75. The summed E-state index contributed by atoms with van der Waals surface area (Å²) in [5, 5.41) is 8.67. The molecule has 7 heteroatoms. The quantitative estimate of drug-likeness (QED) is 0.879. The van der Waals surface area contributed by atoms with Gasteiger partial charge in [0, 0.05) is 10.2 Å². The summed E-state index contributed by atoms with van der Waals surface area (Å²) in [6.45, 7) is 3.42. The predicted octanol–water partition coefficient (Wildman–Crippen LogP) is 2.95. The van der Waals surface area contributed by atoms with E-state index in [4.69, 9.17) is 9.52 Å². The molecule has 0 saturated heterocycles. The van der Waals surface area contributed by atoms with E-state index in [1.807, 2.05) is 13.8 Å². The Balaban J connectivity index is 2.33. The number of aliphatic hydroxyl groups excluding tert-OH is 1. The molecule has 2 aromatic rings. The van der Waals surface area contributed by atoms with Crippen molar-refractivity contribution in [3.8, 4) is 0 Å². The number of halogens is 1. The molecule has 0 bridgehead atoms. The Morgan fingerprint density at radius 2 is 1.85 bits per heavy atom. The van der Waals surface area contributed by atoms with E-state index >= 15 is 0 Å². The van der Waals surface area contributed by atoms with Crippen molar-refractivity contribution in [2.75, 3.05) is 4.72 Å². The Bertz CT molecular complexity index is 714. The Labute approximate surface area is 125 Å². The Hall–Kier alpha value is -1.31. The van der Waals surface area contributed by atoms with Crippen LogP contribution in [0.3, 0.4) is 0 Å². The Kier molecular flexibility index (Phi) is 4.22. The van der Waals surface area contributed by atoms with Crippen LogP contribution in [0.15, 0.2) is 38.2 Å². The van der Waals surface area contributed by atoms with Crippen molar-refractivity contribution in [2.45, 2.75) is 25.5 Å². The lowest BCUT2D eigenvalue weighted by Gasteiger charge is -2.10. The zero-order chi connectivity index (χ0) is 14.9. The molecular formula is C13H14BrNO4S. The number of hydrogen-bond donors (Lipinski definition) is 2. The maximum Gasteiger partial charge on any atom is 0.295 e. The van der Waals surface area contributed by atoms with Crippen LogP contribution < -0.4 is 4.72 Å². The van der Waals surface area contributed by atoms with Gasteiger partial charge < -0.3 is 9.52 Å². The first-order valence-corrected chi connectivity index (χ1v) is 8.10. The van der Waals surface area contributed by atoms with E-state index in [0.717, 1.165) is 15.6 Å². The fourth-order valence-corrected chi connectivity index (χ4v) is 3.02. The minimum Gasteiger partial charge on any atom is -0.445 e. The number of anilines is 1. The summed E-state index contributed by atoms with van der Waals surface area (Å²) in [5.41, 5.74) is 2.32. The lowest BCUT2D eigenvalue weighted by atomic mass is 10.1. The minimum absolute atomic E-state index is 0.202. The highest BCUT2D eigenvalue weighted by Crippen LogP contribution is 2.26. The van der Waals surface area contributed by atoms with Gasteiger partial charge >= 0.3 is 0 Å². The lowest BCUT2D eigenvalue weighted by Crippen LogP contribution is -2.12. The van der Waals surface area contributed by atoms with Gasteiger partial charge in [-0.15, -0.1) is 0 Å². The minimum atomic E-state index is -3.79. The van der Waals surface area contributed by atoms with Crippen LogP contribution in [-0.4, -0.2) is 13.5 Å². The van der Waals surface area contributed by atoms with Gasteiger partial charge in [-0.05, 0) is 49.2 Å². The summed E-state index contributed by atoms with van der Waals surface area (Å²) in [5.74, 6) is 0.202. The maximum absolute atomic E-state index is 12.1. The fourth-order valence-electron chi connectivity index (χ4n) is 1.80. The average molecular weight is 360 g/mol. The summed E-state index contributed by atoms with van der Waals surface area (Å²) in [4.78, 5) is 0. The molecular weight excluding hydrogens is 346 g/mol. The van der Waals surface area contributed by atoms with E-state index in [1.165, 1.54) is 12.1 Å². The molecule has 0 aliphatic carbocycles. The second kappa shape index (κ2) is 5.59. The van der Waals surface area contributed by atoms with Crippen LogP contribution in [0.4, 0.5) is 5.69 Å². The second-order valence-corrected chi connectivity index (χ2v) is 6.81. The molecule has 5 nitrogen and oxygen atoms in total. The van der Waals surface area contributed by atoms with Crippen molar-refractivity contribution in [3.05, 3.63) is 45.6 Å². The summed E-state index contributed by atoms with van der Waals surface area (Å²) in [6.07, 6.45) is 0. The number of nitrogens with one attached hydrogen (secondary N) is 1. The first kappa shape index (κ1) is 15.1. The molecule has 0 radical (unpaired) electrons. The van der Waals surface area contributed by atoms with Crippen LogP contribution in [0.25, 0.3) is 0 Å². The third kappa shape index (κ3) is 3.05. The van der Waals surface area contributed by atoms with Gasteiger partial charge in [0.15, 0.2) is 0 Å². The highest BCUT2D eigenvalue weighted by Gasteiger charge is 2.19. The highest BCUT2D eigenvalue weighted by molar-refractivity contribution is 9.10. The lowest BCUT2D eigenvalue weighted by molar-refractivity contribution is 0.236. The molecule has 1 aromatic heterocycles. The van der Waals surface area contributed by atoms with Gasteiger partial charge in [-0.1, -0.05) is 15.9 Å². The standard InChI is InChI=1S/C13H14BrNO4S/c1-8-5-10(6-9(2)13(8)14)15-20(17,18)12-4-3-11(7-16)19-12/h3-6,15-16H,7H2,1-2H3. The van der Waals surface area contributed by atoms with Gasteiger partial charge in [0.2, 0.25) is 5.09 Å². The van der Waals surface area contributed by atoms with E-state index in [-0.39, 0.29) is 17.5 Å². The van der Waals surface area contributed by atoms with Crippen molar-refractivity contribution < 1.29 is 17.9 Å². The molecule has 1 heterocycles. The molecule has 0 saturated carbocycles. The highest BCUT2D eigenvalue weighted by atomic mass is 79.9. The molecule has 0 fully saturated rings. The predicted molar refractivity (Wildman–Crippen MR) is 79.1 cm³/mol. The summed E-state index contributed by atoms with van der Waals surface area (Å²) < 4.78 is 32.7. The number of aryl methyl sites for hydroxylation is 2. The molecule has 0 amide bonds. The van der Waals surface area contributed by atoms with Crippen LogP contribution in [0.2, 0.25) is 0 Å². The van der Waals surface area contributed by atoms with Crippen LogP contribution in [0.1, 0.15) is 16.9 Å². The van der Waals surface area contributed by atoms with E-state index in [9.17, 15) is 8.42 Å². The summed E-state index contributed by atoms with van der Waals surface area (Å²) in [7, 11) is -3.79. The Morgan fingerprint density at radius 1 is 1.25 bits per heavy atom. The number of hydrogen-bond acceptors (Lipinski definition) is 4. The molecule has 0 spiro atoms. The first-order valence-electron chi connectivity index (χ1n) is 5.82.